The van der Waals surface area contributed by atoms with Gasteiger partial charge in [0.1, 0.15) is 0 Å². The molecule has 16 heavy (non-hydrogen) atoms. The highest BCUT2D eigenvalue weighted by Crippen LogP contribution is 2.51. The molecule has 1 aromatic rings. The van der Waals surface area contributed by atoms with E-state index in [4.69, 9.17) is 0 Å². The summed E-state index contributed by atoms with van der Waals surface area (Å²) in [4.78, 5) is 3.30. The number of thiophene rings is 1. The third-order valence-corrected chi connectivity index (χ3v) is 6.20. The summed E-state index contributed by atoms with van der Waals surface area (Å²) < 4.78 is 0. The lowest BCUT2D eigenvalue weighted by Gasteiger charge is -2.07. The van der Waals surface area contributed by atoms with Crippen molar-refractivity contribution in [2.75, 3.05) is 5.75 Å². The second-order valence-electron chi connectivity index (χ2n) is 4.76. The van der Waals surface area contributed by atoms with Gasteiger partial charge < -0.3 is 0 Å². The number of hydrogen-bond donors (Lipinski definition) is 0. The lowest BCUT2D eigenvalue weighted by atomic mass is 10.1. The highest BCUT2D eigenvalue weighted by atomic mass is 32.2. The van der Waals surface area contributed by atoms with Crippen LogP contribution in [0.4, 0.5) is 0 Å². The molecule has 0 amide bonds. The van der Waals surface area contributed by atoms with Gasteiger partial charge in [-0.3, -0.25) is 0 Å². The number of hydrogen-bond acceptors (Lipinski definition) is 2. The maximum absolute atomic E-state index is 2.32. The molecule has 3 aliphatic rings. The van der Waals surface area contributed by atoms with Crippen LogP contribution >= 0.6 is 23.1 Å². The Morgan fingerprint density at radius 1 is 0.938 bits per heavy atom. The van der Waals surface area contributed by atoms with Crippen molar-refractivity contribution in [1.29, 1.82) is 0 Å². The fourth-order valence-electron chi connectivity index (χ4n) is 3.17. The van der Waals surface area contributed by atoms with E-state index in [2.05, 4.69) is 23.2 Å². The molecule has 0 N–H and O–H groups in total. The Morgan fingerprint density at radius 2 is 1.88 bits per heavy atom. The Bertz CT molecular complexity index is 517. The molecule has 0 nitrogen and oxygen atoms in total. The largest absolute Gasteiger partial charge is 0.144 e. The van der Waals surface area contributed by atoms with E-state index in [1.54, 1.807) is 32.1 Å². The van der Waals surface area contributed by atoms with Gasteiger partial charge in [0.25, 0.3) is 0 Å². The summed E-state index contributed by atoms with van der Waals surface area (Å²) >= 11 is 4.06. The standard InChI is InChI=1S/C14H14S2/c1-3-11(13-9(1)5-7-15-13)12-4-2-10-6-8-16-14(10)12/h5,7H,1-4,6,8H2/b12-11+. The number of fused-ring (bicyclic) bond motifs is 1. The second kappa shape index (κ2) is 3.51. The third kappa shape index (κ3) is 1.23. The summed E-state index contributed by atoms with van der Waals surface area (Å²) in [5.41, 5.74) is 6.78. The van der Waals surface area contributed by atoms with Gasteiger partial charge in [0.2, 0.25) is 0 Å². The van der Waals surface area contributed by atoms with Gasteiger partial charge in [-0.15, -0.1) is 23.1 Å². The van der Waals surface area contributed by atoms with Crippen molar-refractivity contribution in [3.05, 3.63) is 37.9 Å². The molecule has 0 spiro atoms. The summed E-state index contributed by atoms with van der Waals surface area (Å²) in [5.74, 6) is 1.33. The van der Waals surface area contributed by atoms with E-state index >= 15 is 0 Å². The van der Waals surface area contributed by atoms with Crippen molar-refractivity contribution >= 4 is 28.7 Å². The van der Waals surface area contributed by atoms with Crippen molar-refractivity contribution < 1.29 is 0 Å². The van der Waals surface area contributed by atoms with E-state index in [-0.39, 0.29) is 0 Å². The Balaban J connectivity index is 1.87. The maximum Gasteiger partial charge on any atom is 0.0337 e. The molecule has 0 fully saturated rings. The fourth-order valence-corrected chi connectivity index (χ4v) is 5.58. The van der Waals surface area contributed by atoms with Crippen LogP contribution in [0.3, 0.4) is 0 Å². The molecule has 0 saturated heterocycles. The zero-order valence-corrected chi connectivity index (χ0v) is 10.8. The lowest BCUT2D eigenvalue weighted by molar-refractivity contribution is 0.948. The molecular formula is C14H14S2. The highest BCUT2D eigenvalue weighted by molar-refractivity contribution is 8.03. The van der Waals surface area contributed by atoms with Crippen LogP contribution in [-0.2, 0) is 6.42 Å². The Kier molecular flexibility index (Phi) is 2.09. The van der Waals surface area contributed by atoms with Crippen LogP contribution in [-0.4, -0.2) is 5.75 Å². The molecule has 0 unspecified atom stereocenters. The fraction of sp³-hybridized carbons (Fsp3) is 0.429. The Hall–Kier alpha value is -0.470. The quantitative estimate of drug-likeness (QED) is 0.643. The molecule has 4 rings (SSSR count). The van der Waals surface area contributed by atoms with Crippen molar-refractivity contribution in [3.63, 3.8) is 0 Å². The van der Waals surface area contributed by atoms with Crippen LogP contribution in [0.25, 0.3) is 5.57 Å². The monoisotopic (exact) mass is 246 g/mol. The molecule has 2 aliphatic carbocycles. The molecule has 0 aromatic carbocycles. The highest BCUT2D eigenvalue weighted by Gasteiger charge is 2.29. The summed E-state index contributed by atoms with van der Waals surface area (Å²) in [6.45, 7) is 0. The Morgan fingerprint density at radius 3 is 2.88 bits per heavy atom. The molecule has 1 aliphatic heterocycles. The van der Waals surface area contributed by atoms with Gasteiger partial charge in [-0.25, -0.2) is 0 Å². The molecule has 82 valence electrons. The van der Waals surface area contributed by atoms with E-state index in [9.17, 15) is 0 Å². The topological polar surface area (TPSA) is 0 Å². The SMILES string of the molecule is c1cc2c(s1)/C(=C1\CCC3=C1SCC3)CC2. The molecule has 0 saturated carbocycles. The average molecular weight is 246 g/mol. The minimum absolute atomic E-state index is 1.28. The van der Waals surface area contributed by atoms with E-state index in [1.807, 2.05) is 11.3 Å². The van der Waals surface area contributed by atoms with E-state index < -0.39 is 0 Å². The van der Waals surface area contributed by atoms with Crippen molar-refractivity contribution in [3.8, 4) is 0 Å². The van der Waals surface area contributed by atoms with Crippen LogP contribution < -0.4 is 0 Å². The van der Waals surface area contributed by atoms with E-state index in [0.717, 1.165) is 0 Å². The van der Waals surface area contributed by atoms with Crippen LogP contribution in [0.15, 0.2) is 27.5 Å². The van der Waals surface area contributed by atoms with Crippen LogP contribution in [0.1, 0.15) is 36.1 Å². The minimum atomic E-state index is 1.28. The van der Waals surface area contributed by atoms with Gasteiger partial charge in [0.05, 0.1) is 0 Å². The molecule has 1 aromatic heterocycles. The minimum Gasteiger partial charge on any atom is -0.144 e. The number of thioether (sulfide) groups is 1. The van der Waals surface area contributed by atoms with Crippen molar-refractivity contribution in [1.82, 2.24) is 0 Å². The van der Waals surface area contributed by atoms with Gasteiger partial charge in [-0.1, -0.05) is 5.57 Å². The molecular weight excluding hydrogens is 232 g/mol. The molecule has 2 heterocycles. The first-order valence-electron chi connectivity index (χ1n) is 6.07. The molecule has 0 bridgehead atoms. The number of allylic oxidation sites excluding steroid dienone is 3. The summed E-state index contributed by atoms with van der Waals surface area (Å²) in [5, 5.41) is 2.26. The maximum atomic E-state index is 2.32. The zero-order chi connectivity index (χ0) is 10.5. The van der Waals surface area contributed by atoms with Gasteiger partial charge in [0, 0.05) is 15.5 Å². The van der Waals surface area contributed by atoms with Crippen LogP contribution in [0.2, 0.25) is 0 Å². The lowest BCUT2D eigenvalue weighted by Crippen LogP contribution is -1.85. The van der Waals surface area contributed by atoms with E-state index in [1.165, 1.54) is 37.9 Å². The third-order valence-electron chi connectivity index (χ3n) is 3.95. The van der Waals surface area contributed by atoms with Gasteiger partial charge in [0.15, 0.2) is 0 Å². The predicted molar refractivity (Wildman–Crippen MR) is 72.9 cm³/mol. The first-order valence-corrected chi connectivity index (χ1v) is 7.94. The number of rotatable bonds is 0. The summed E-state index contributed by atoms with van der Waals surface area (Å²) in [6.07, 6.45) is 6.61. The summed E-state index contributed by atoms with van der Waals surface area (Å²) in [7, 11) is 0. The molecule has 2 heteroatoms. The Labute approximate surface area is 104 Å². The van der Waals surface area contributed by atoms with Crippen molar-refractivity contribution in [2.24, 2.45) is 0 Å². The zero-order valence-electron chi connectivity index (χ0n) is 9.21. The second-order valence-corrected chi connectivity index (χ2v) is 6.78. The first-order chi connectivity index (χ1) is 7.93. The van der Waals surface area contributed by atoms with Crippen LogP contribution in [0.5, 0.6) is 0 Å². The first kappa shape index (κ1) is 9.55. The predicted octanol–water partition coefficient (Wildman–Crippen LogP) is 4.63. The average Bonchev–Trinajstić information content (AvgIpc) is 2.97. The molecule has 0 atom stereocenters. The normalized spacial score (nSPS) is 27.8. The number of aryl methyl sites for hydroxylation is 1. The van der Waals surface area contributed by atoms with Crippen LogP contribution in [0, 0.1) is 0 Å². The van der Waals surface area contributed by atoms with E-state index in [0.29, 0.717) is 0 Å². The van der Waals surface area contributed by atoms with Crippen molar-refractivity contribution in [2.45, 2.75) is 32.1 Å². The van der Waals surface area contributed by atoms with Gasteiger partial charge >= 0.3 is 0 Å². The summed E-state index contributed by atoms with van der Waals surface area (Å²) in [6, 6.07) is 2.32. The van der Waals surface area contributed by atoms with Gasteiger partial charge in [-0.2, -0.15) is 0 Å². The molecule has 0 radical (unpaired) electrons. The van der Waals surface area contributed by atoms with Gasteiger partial charge in [-0.05, 0) is 60.3 Å². The smallest absolute Gasteiger partial charge is 0.0337 e.